The van der Waals surface area contributed by atoms with Crippen LogP contribution in [0.2, 0.25) is 0 Å². The summed E-state index contributed by atoms with van der Waals surface area (Å²) in [5.41, 5.74) is -0.0889. The Balaban J connectivity index is 1.03. The summed E-state index contributed by atoms with van der Waals surface area (Å²) in [5.74, 6) is 2.59. The van der Waals surface area contributed by atoms with E-state index in [0.717, 1.165) is 49.9 Å². The number of hydrogen-bond donors (Lipinski definition) is 5. The van der Waals surface area contributed by atoms with Crippen LogP contribution in [0.1, 0.15) is 51.4 Å². The van der Waals surface area contributed by atoms with Crippen LogP contribution in [0.5, 0.6) is 0 Å². The molecule has 0 aromatic carbocycles. The number of unbranched alkanes of at least 4 members (excludes halogenated alkanes) is 1. The Labute approximate surface area is 188 Å². The fourth-order valence-electron chi connectivity index (χ4n) is 7.25. The lowest BCUT2D eigenvalue weighted by Gasteiger charge is -2.55. The van der Waals surface area contributed by atoms with Crippen LogP contribution in [-0.4, -0.2) is 81.5 Å². The van der Waals surface area contributed by atoms with E-state index in [0.29, 0.717) is 18.2 Å². The second kappa shape index (κ2) is 8.41. The molecule has 9 heteroatoms. The zero-order valence-electron chi connectivity index (χ0n) is 17.9. The number of carbonyl (C=O) groups excluding carboxylic acids is 1. The summed E-state index contributed by atoms with van der Waals surface area (Å²) in [5, 5.41) is 37.0. The van der Waals surface area contributed by atoms with Crippen molar-refractivity contribution in [3.05, 3.63) is 0 Å². The maximum atomic E-state index is 13.0. The minimum absolute atomic E-state index is 0.0889. The average molecular weight is 454 g/mol. The number of nitrogens with one attached hydrogen (secondary N) is 2. The molecule has 1 amide bonds. The minimum Gasteiger partial charge on any atom is -0.388 e. The molecule has 0 spiro atoms. The standard InChI is InChI=1S/C22H35N3O5S/c26-16-15-11-30-19(18(28)17(16)27)25(15)21(31)24-4-2-1-3-23-20(29)22-8-12-5-13(9-22)7-14(6-12)10-22/h12-19,26-28H,1-11H2,(H,23,29)(H,24,31). The first kappa shape index (κ1) is 21.8. The Hall–Kier alpha value is -1.00. The summed E-state index contributed by atoms with van der Waals surface area (Å²) >= 11 is 5.44. The molecule has 2 saturated heterocycles. The molecular formula is C22H35N3O5S. The summed E-state index contributed by atoms with van der Waals surface area (Å²) in [7, 11) is 0. The molecule has 6 rings (SSSR count). The number of fused-ring (bicyclic) bond motifs is 2. The van der Waals surface area contributed by atoms with E-state index in [4.69, 9.17) is 17.0 Å². The molecule has 0 aromatic heterocycles. The number of thiocarbonyl (C=S) groups is 1. The summed E-state index contributed by atoms with van der Waals surface area (Å²) < 4.78 is 5.52. The van der Waals surface area contributed by atoms with Gasteiger partial charge in [0.15, 0.2) is 11.3 Å². The van der Waals surface area contributed by atoms with Crippen LogP contribution in [0.15, 0.2) is 0 Å². The topological polar surface area (TPSA) is 114 Å². The molecule has 2 heterocycles. The molecule has 6 bridgehead atoms. The Morgan fingerprint density at radius 2 is 1.52 bits per heavy atom. The number of nitrogens with zero attached hydrogens (tertiary/aromatic N) is 1. The van der Waals surface area contributed by atoms with Crippen LogP contribution in [0, 0.1) is 23.2 Å². The third-order valence-electron chi connectivity index (χ3n) is 8.38. The van der Waals surface area contributed by atoms with E-state index in [1.165, 1.54) is 19.3 Å². The van der Waals surface area contributed by atoms with Gasteiger partial charge in [-0.3, -0.25) is 4.79 Å². The third kappa shape index (κ3) is 3.86. The summed E-state index contributed by atoms with van der Waals surface area (Å²) in [6.45, 7) is 1.53. The second-order valence-corrected chi connectivity index (χ2v) is 10.9. The van der Waals surface area contributed by atoms with Crippen molar-refractivity contribution in [2.24, 2.45) is 23.2 Å². The predicted molar refractivity (Wildman–Crippen MR) is 117 cm³/mol. The average Bonchev–Trinajstić information content (AvgIpc) is 3.14. The van der Waals surface area contributed by atoms with E-state index in [2.05, 4.69) is 10.6 Å². The largest absolute Gasteiger partial charge is 0.388 e. The van der Waals surface area contributed by atoms with Gasteiger partial charge in [0.1, 0.15) is 18.3 Å². The first-order valence-electron chi connectivity index (χ1n) is 11.9. The van der Waals surface area contributed by atoms with Crippen molar-refractivity contribution in [3.63, 3.8) is 0 Å². The van der Waals surface area contributed by atoms with Crippen LogP contribution in [0.4, 0.5) is 0 Å². The number of hydrogen-bond acceptors (Lipinski definition) is 6. The molecule has 8 nitrogen and oxygen atoms in total. The van der Waals surface area contributed by atoms with E-state index < -0.39 is 30.6 Å². The van der Waals surface area contributed by atoms with Crippen LogP contribution < -0.4 is 10.6 Å². The fraction of sp³-hybridized carbons (Fsp3) is 0.909. The van der Waals surface area contributed by atoms with E-state index in [9.17, 15) is 20.1 Å². The van der Waals surface area contributed by atoms with Gasteiger partial charge in [-0.1, -0.05) is 0 Å². The second-order valence-electron chi connectivity index (χ2n) is 10.6. The lowest BCUT2D eigenvalue weighted by Crippen LogP contribution is -2.65. The number of ether oxygens (including phenoxy) is 1. The summed E-state index contributed by atoms with van der Waals surface area (Å²) in [6.07, 6.45) is 4.74. The van der Waals surface area contributed by atoms with Crippen LogP contribution in [-0.2, 0) is 9.53 Å². The van der Waals surface area contributed by atoms with Gasteiger partial charge in [-0.2, -0.15) is 0 Å². The van der Waals surface area contributed by atoms with Crippen molar-refractivity contribution < 1.29 is 24.9 Å². The number of amides is 1. The first-order valence-corrected chi connectivity index (χ1v) is 12.3. The molecule has 5 atom stereocenters. The van der Waals surface area contributed by atoms with Gasteiger partial charge in [-0.15, -0.1) is 0 Å². The highest BCUT2D eigenvalue weighted by molar-refractivity contribution is 7.80. The molecule has 0 radical (unpaired) electrons. The molecule has 5 N–H and O–H groups in total. The Kier molecular flexibility index (Phi) is 5.92. The number of rotatable bonds is 6. The van der Waals surface area contributed by atoms with Crippen molar-refractivity contribution >= 4 is 23.2 Å². The normalized spacial score (nSPS) is 45.1. The van der Waals surface area contributed by atoms with E-state index in [-0.39, 0.29) is 17.9 Å². The molecule has 2 aliphatic heterocycles. The van der Waals surface area contributed by atoms with Crippen LogP contribution in [0.25, 0.3) is 0 Å². The van der Waals surface area contributed by atoms with E-state index in [1.807, 2.05) is 0 Å². The molecule has 4 aliphatic carbocycles. The van der Waals surface area contributed by atoms with Gasteiger partial charge in [0.2, 0.25) is 5.91 Å². The highest BCUT2D eigenvalue weighted by atomic mass is 32.1. The molecule has 31 heavy (non-hydrogen) atoms. The zero-order chi connectivity index (χ0) is 21.8. The number of aliphatic hydroxyl groups excluding tert-OH is 3. The Morgan fingerprint density at radius 3 is 2.13 bits per heavy atom. The van der Waals surface area contributed by atoms with Crippen molar-refractivity contribution in [1.29, 1.82) is 0 Å². The van der Waals surface area contributed by atoms with Crippen LogP contribution in [0.3, 0.4) is 0 Å². The van der Waals surface area contributed by atoms with Crippen molar-refractivity contribution in [2.45, 2.75) is 81.9 Å². The third-order valence-corrected chi connectivity index (χ3v) is 8.73. The zero-order valence-corrected chi connectivity index (χ0v) is 18.7. The van der Waals surface area contributed by atoms with Gasteiger partial charge in [0, 0.05) is 18.5 Å². The Bertz CT molecular complexity index is 668. The van der Waals surface area contributed by atoms with Gasteiger partial charge in [0.25, 0.3) is 0 Å². The SMILES string of the molecule is O=C(NCCCCNC(=S)N1C2COC1C(O)C(O)C2O)C12CC3CC(CC(C3)C1)C2. The smallest absolute Gasteiger partial charge is 0.226 e. The molecule has 174 valence electrons. The fourth-order valence-corrected chi connectivity index (χ4v) is 7.59. The number of aliphatic hydroxyl groups is 3. The number of piperidine rings is 1. The number of carbonyl (C=O) groups is 1. The highest BCUT2D eigenvalue weighted by Crippen LogP contribution is 2.60. The van der Waals surface area contributed by atoms with Crippen molar-refractivity contribution in [2.75, 3.05) is 19.7 Å². The molecular weight excluding hydrogens is 418 g/mol. The van der Waals surface area contributed by atoms with E-state index in [1.54, 1.807) is 4.90 Å². The van der Waals surface area contributed by atoms with Gasteiger partial charge in [-0.05, 0) is 81.3 Å². The van der Waals surface area contributed by atoms with Crippen molar-refractivity contribution in [1.82, 2.24) is 15.5 Å². The first-order chi connectivity index (χ1) is 14.9. The minimum atomic E-state index is -1.23. The quantitative estimate of drug-likeness (QED) is 0.284. The molecule has 5 unspecified atom stereocenters. The molecule has 4 saturated carbocycles. The predicted octanol–water partition coefficient (Wildman–Crippen LogP) is 0.0969. The maximum absolute atomic E-state index is 13.0. The van der Waals surface area contributed by atoms with Crippen molar-refractivity contribution in [3.8, 4) is 0 Å². The Morgan fingerprint density at radius 1 is 0.935 bits per heavy atom. The summed E-state index contributed by atoms with van der Waals surface area (Å²) in [6, 6.07) is -0.456. The lowest BCUT2D eigenvalue weighted by atomic mass is 9.49. The van der Waals surface area contributed by atoms with Gasteiger partial charge >= 0.3 is 0 Å². The van der Waals surface area contributed by atoms with E-state index >= 15 is 0 Å². The van der Waals surface area contributed by atoms with Gasteiger partial charge in [-0.25, -0.2) is 0 Å². The highest BCUT2D eigenvalue weighted by Gasteiger charge is 2.55. The lowest BCUT2D eigenvalue weighted by molar-refractivity contribution is -0.154. The maximum Gasteiger partial charge on any atom is 0.226 e. The van der Waals surface area contributed by atoms with Gasteiger partial charge < -0.3 is 35.6 Å². The van der Waals surface area contributed by atoms with Gasteiger partial charge in [0.05, 0.1) is 12.6 Å². The molecule has 6 fully saturated rings. The monoisotopic (exact) mass is 453 g/mol. The molecule has 6 aliphatic rings. The summed E-state index contributed by atoms with van der Waals surface area (Å²) in [4.78, 5) is 14.6. The molecule has 0 aromatic rings. The van der Waals surface area contributed by atoms with Crippen LogP contribution >= 0.6 is 12.2 Å².